The average molecular weight is 318 g/mol. The molecular weight excluding hydrogens is 300 g/mol. The summed E-state index contributed by atoms with van der Waals surface area (Å²) in [4.78, 5) is 13.1. The number of nitrogens with one attached hydrogen (secondary N) is 1. The van der Waals surface area contributed by atoms with E-state index in [1.165, 1.54) is 29.8 Å². The molecule has 0 aliphatic carbocycles. The normalized spacial score (nSPS) is 22.3. The minimum absolute atomic E-state index is 0.224. The van der Waals surface area contributed by atoms with Crippen LogP contribution >= 0.6 is 11.3 Å². The van der Waals surface area contributed by atoms with E-state index in [0.29, 0.717) is 4.88 Å². The first-order valence-electron chi connectivity index (χ1n) is 6.10. The fourth-order valence-electron chi connectivity index (χ4n) is 1.92. The van der Waals surface area contributed by atoms with Crippen LogP contribution in [0, 0.1) is 0 Å². The molecule has 112 valence electrons. The van der Waals surface area contributed by atoms with Gasteiger partial charge in [-0.3, -0.25) is 4.79 Å². The predicted molar refractivity (Wildman–Crippen MR) is 76.1 cm³/mol. The van der Waals surface area contributed by atoms with E-state index in [-0.39, 0.29) is 23.4 Å². The molecule has 0 spiro atoms. The molecule has 1 amide bonds. The number of hydrogen-bond acceptors (Lipinski definition) is 5. The quantitative estimate of drug-likeness (QED) is 0.901. The molecule has 2 heterocycles. The van der Waals surface area contributed by atoms with Gasteiger partial charge in [0.1, 0.15) is 5.60 Å². The number of carbonyl (C=O) groups is 1. The van der Waals surface area contributed by atoms with Crippen molar-refractivity contribution in [2.75, 3.05) is 20.7 Å². The molecule has 0 saturated carbocycles. The number of hydrogen-bond donors (Lipinski definition) is 1. The Kier molecular flexibility index (Phi) is 3.94. The second-order valence-electron chi connectivity index (χ2n) is 5.18. The van der Waals surface area contributed by atoms with Gasteiger partial charge in [0.2, 0.25) is 10.0 Å². The molecule has 0 aromatic carbocycles. The van der Waals surface area contributed by atoms with Crippen LogP contribution in [-0.4, -0.2) is 44.9 Å². The number of ether oxygens (including phenoxy) is 1. The van der Waals surface area contributed by atoms with E-state index in [0.717, 1.165) is 0 Å². The van der Waals surface area contributed by atoms with Crippen LogP contribution in [0.25, 0.3) is 0 Å². The molecule has 1 atom stereocenters. The Balaban J connectivity index is 2.31. The molecule has 20 heavy (non-hydrogen) atoms. The molecule has 0 bridgehead atoms. The maximum Gasteiger partial charge on any atom is 0.252 e. The Morgan fingerprint density at radius 1 is 1.55 bits per heavy atom. The minimum atomic E-state index is -3.43. The third-order valence-electron chi connectivity index (χ3n) is 3.46. The van der Waals surface area contributed by atoms with Gasteiger partial charge in [-0.2, -0.15) is 4.31 Å². The second kappa shape index (κ2) is 5.10. The molecule has 1 aliphatic heterocycles. The van der Waals surface area contributed by atoms with Crippen LogP contribution in [-0.2, 0) is 19.6 Å². The van der Waals surface area contributed by atoms with Crippen molar-refractivity contribution < 1.29 is 17.9 Å². The van der Waals surface area contributed by atoms with Crippen molar-refractivity contribution in [1.82, 2.24) is 9.62 Å². The monoisotopic (exact) mass is 318 g/mol. The largest absolute Gasteiger partial charge is 0.369 e. The van der Waals surface area contributed by atoms with Crippen LogP contribution < -0.4 is 5.32 Å². The topological polar surface area (TPSA) is 75.7 Å². The summed E-state index contributed by atoms with van der Waals surface area (Å²) in [5, 5.41) is 4.59. The number of fused-ring (bicyclic) bond motifs is 1. The molecule has 8 heteroatoms. The molecule has 2 rings (SSSR count). The first kappa shape index (κ1) is 15.4. The van der Waals surface area contributed by atoms with Crippen LogP contribution in [0.15, 0.2) is 16.3 Å². The Morgan fingerprint density at radius 2 is 2.20 bits per heavy atom. The Labute approximate surface area is 122 Å². The number of nitrogens with zero attached hydrogens (tertiary/aromatic N) is 1. The molecule has 1 N–H and O–H groups in total. The SMILES string of the molecule is COC(C)(C)C(=O)N[C@@H]1CN(C)S(=O)(=O)c2ccsc21. The number of sulfonamides is 1. The molecular formula is C12H18N2O4S2. The third kappa shape index (κ3) is 2.48. The fraction of sp³-hybridized carbons (Fsp3) is 0.583. The maximum absolute atomic E-state index is 12.2. The minimum Gasteiger partial charge on any atom is -0.369 e. The maximum atomic E-state index is 12.2. The van der Waals surface area contributed by atoms with Gasteiger partial charge >= 0.3 is 0 Å². The van der Waals surface area contributed by atoms with Crippen molar-refractivity contribution in [2.24, 2.45) is 0 Å². The van der Waals surface area contributed by atoms with Gasteiger partial charge in [-0.05, 0) is 25.3 Å². The number of rotatable bonds is 3. The summed E-state index contributed by atoms with van der Waals surface area (Å²) in [7, 11) is -0.450. The molecule has 1 aliphatic rings. The van der Waals surface area contributed by atoms with Crippen molar-refractivity contribution >= 4 is 27.3 Å². The van der Waals surface area contributed by atoms with E-state index in [9.17, 15) is 13.2 Å². The zero-order chi connectivity index (χ0) is 15.1. The van der Waals surface area contributed by atoms with E-state index in [2.05, 4.69) is 5.32 Å². The first-order chi connectivity index (χ1) is 9.20. The highest BCUT2D eigenvalue weighted by atomic mass is 32.2. The van der Waals surface area contributed by atoms with Gasteiger partial charge in [0, 0.05) is 25.6 Å². The van der Waals surface area contributed by atoms with Gasteiger partial charge in [0.25, 0.3) is 5.91 Å². The predicted octanol–water partition coefficient (Wildman–Crippen LogP) is 0.965. The zero-order valence-electron chi connectivity index (χ0n) is 11.8. The third-order valence-corrected chi connectivity index (χ3v) is 6.51. The summed E-state index contributed by atoms with van der Waals surface area (Å²) in [5.41, 5.74) is -0.952. The van der Waals surface area contributed by atoms with Gasteiger partial charge in [0.05, 0.1) is 10.9 Å². The molecule has 0 fully saturated rings. The Hall–Kier alpha value is -0.960. The lowest BCUT2D eigenvalue weighted by molar-refractivity contribution is -0.140. The van der Waals surface area contributed by atoms with Gasteiger partial charge in [0.15, 0.2) is 0 Å². The van der Waals surface area contributed by atoms with Crippen LogP contribution in [0.2, 0.25) is 0 Å². The van der Waals surface area contributed by atoms with Gasteiger partial charge in [-0.25, -0.2) is 8.42 Å². The van der Waals surface area contributed by atoms with Gasteiger partial charge < -0.3 is 10.1 Å². The first-order valence-corrected chi connectivity index (χ1v) is 8.42. The van der Waals surface area contributed by atoms with Crippen molar-refractivity contribution in [3.63, 3.8) is 0 Å². The average Bonchev–Trinajstić information content (AvgIpc) is 2.86. The molecule has 0 saturated heterocycles. The lowest BCUT2D eigenvalue weighted by Crippen LogP contribution is -2.49. The second-order valence-corrected chi connectivity index (χ2v) is 8.14. The van der Waals surface area contributed by atoms with Crippen molar-refractivity contribution in [2.45, 2.75) is 30.4 Å². The molecule has 0 unspecified atom stereocenters. The Bertz CT molecular complexity index is 621. The number of likely N-dealkylation sites (N-methyl/N-ethyl adjacent to an activating group) is 1. The standard InChI is InChI=1S/C12H18N2O4S2/c1-12(2,18-4)11(15)13-8-7-14(3)20(16,17)9-5-6-19-10(8)9/h5-6,8H,7H2,1-4H3,(H,13,15)/t8-/m1/s1. The smallest absolute Gasteiger partial charge is 0.252 e. The van der Waals surface area contributed by atoms with Crippen molar-refractivity contribution in [3.05, 3.63) is 16.3 Å². The highest BCUT2D eigenvalue weighted by Gasteiger charge is 2.38. The molecule has 6 nitrogen and oxygen atoms in total. The van der Waals surface area contributed by atoms with E-state index in [1.54, 1.807) is 25.3 Å². The number of carbonyl (C=O) groups excluding carboxylic acids is 1. The van der Waals surface area contributed by atoms with Crippen LogP contribution in [0.4, 0.5) is 0 Å². The lowest BCUT2D eigenvalue weighted by atomic mass is 10.1. The van der Waals surface area contributed by atoms with E-state index in [4.69, 9.17) is 4.74 Å². The molecule has 0 radical (unpaired) electrons. The van der Waals surface area contributed by atoms with E-state index >= 15 is 0 Å². The van der Waals surface area contributed by atoms with Crippen LogP contribution in [0.1, 0.15) is 24.8 Å². The Morgan fingerprint density at radius 3 is 2.80 bits per heavy atom. The van der Waals surface area contributed by atoms with E-state index in [1.807, 2.05) is 0 Å². The summed E-state index contributed by atoms with van der Waals surface area (Å²) in [6.45, 7) is 3.56. The summed E-state index contributed by atoms with van der Waals surface area (Å²) in [5.74, 6) is -0.267. The van der Waals surface area contributed by atoms with Crippen molar-refractivity contribution in [3.8, 4) is 0 Å². The van der Waals surface area contributed by atoms with Crippen molar-refractivity contribution in [1.29, 1.82) is 0 Å². The number of methoxy groups -OCH3 is 1. The lowest BCUT2D eigenvalue weighted by Gasteiger charge is -2.32. The molecule has 1 aromatic heterocycles. The van der Waals surface area contributed by atoms with E-state index < -0.39 is 15.6 Å². The van der Waals surface area contributed by atoms with Crippen LogP contribution in [0.3, 0.4) is 0 Å². The van der Waals surface area contributed by atoms with Gasteiger partial charge in [-0.15, -0.1) is 11.3 Å². The number of thiophene rings is 1. The zero-order valence-corrected chi connectivity index (χ0v) is 13.5. The molecule has 1 aromatic rings. The highest BCUT2D eigenvalue weighted by molar-refractivity contribution is 7.89. The summed E-state index contributed by atoms with van der Waals surface area (Å²) < 4.78 is 30.7. The summed E-state index contributed by atoms with van der Waals surface area (Å²) >= 11 is 1.34. The van der Waals surface area contributed by atoms with Gasteiger partial charge in [-0.1, -0.05) is 0 Å². The highest BCUT2D eigenvalue weighted by Crippen LogP contribution is 2.35. The van der Waals surface area contributed by atoms with Crippen LogP contribution in [0.5, 0.6) is 0 Å². The summed E-state index contributed by atoms with van der Waals surface area (Å²) in [6, 6.07) is 1.23. The fourth-order valence-corrected chi connectivity index (χ4v) is 4.61. The summed E-state index contributed by atoms with van der Waals surface area (Å²) in [6.07, 6.45) is 0. The number of amides is 1.